The Morgan fingerprint density at radius 2 is 2.04 bits per heavy atom. The Hall–Kier alpha value is -1.44. The van der Waals surface area contributed by atoms with Crippen molar-refractivity contribution in [1.29, 1.82) is 0 Å². The number of carbonyl (C=O) groups excluding carboxylic acids is 1. The minimum atomic E-state index is -3.50. The molecule has 0 saturated carbocycles. The van der Waals surface area contributed by atoms with Crippen LogP contribution < -0.4 is 4.72 Å². The van der Waals surface area contributed by atoms with Crippen LogP contribution in [0.5, 0.6) is 0 Å². The molecule has 7 heteroatoms. The molecule has 1 heterocycles. The molecular weight excluding hydrogens is 326 g/mol. The van der Waals surface area contributed by atoms with Crippen LogP contribution in [0.15, 0.2) is 30.3 Å². The van der Waals surface area contributed by atoms with E-state index in [-0.39, 0.29) is 11.9 Å². The zero-order chi connectivity index (χ0) is 17.6. The summed E-state index contributed by atoms with van der Waals surface area (Å²) in [6.07, 6.45) is 3.33. The third kappa shape index (κ3) is 5.03. The van der Waals surface area contributed by atoms with E-state index in [4.69, 9.17) is 0 Å². The summed E-state index contributed by atoms with van der Waals surface area (Å²) in [6, 6.07) is 8.87. The number of hydrogen-bond acceptors (Lipinski definition) is 3. The van der Waals surface area contributed by atoms with Crippen molar-refractivity contribution in [2.75, 3.05) is 26.7 Å². The number of likely N-dealkylation sites (tertiary alicyclic amines) is 1. The Kier molecular flexibility index (Phi) is 6.77. The highest BCUT2D eigenvalue weighted by molar-refractivity contribution is 7.87. The molecule has 1 N–H and O–H groups in total. The van der Waals surface area contributed by atoms with Crippen LogP contribution in [0.1, 0.15) is 43.0 Å². The lowest BCUT2D eigenvalue weighted by Gasteiger charge is -2.34. The van der Waals surface area contributed by atoms with Gasteiger partial charge < -0.3 is 4.90 Å². The average Bonchev–Trinajstić information content (AvgIpc) is 2.59. The second-order valence-corrected chi connectivity index (χ2v) is 8.06. The first-order chi connectivity index (χ1) is 11.4. The summed E-state index contributed by atoms with van der Waals surface area (Å²) in [7, 11) is -1.91. The molecule has 0 bridgehead atoms. The van der Waals surface area contributed by atoms with E-state index >= 15 is 0 Å². The predicted molar refractivity (Wildman–Crippen MR) is 95.0 cm³/mol. The normalized spacial score (nSPS) is 18.8. The van der Waals surface area contributed by atoms with Crippen molar-refractivity contribution in [3.63, 3.8) is 0 Å². The lowest BCUT2D eigenvalue weighted by molar-refractivity contribution is 0.0702. The Balaban J connectivity index is 1.97. The highest BCUT2D eigenvalue weighted by atomic mass is 32.2. The molecule has 1 amide bonds. The van der Waals surface area contributed by atoms with E-state index in [1.54, 1.807) is 24.1 Å². The zero-order valence-corrected chi connectivity index (χ0v) is 15.3. The summed E-state index contributed by atoms with van der Waals surface area (Å²) in [5.41, 5.74) is 0.640. The molecule has 1 aliphatic rings. The van der Waals surface area contributed by atoms with Crippen LogP contribution >= 0.6 is 0 Å². The van der Waals surface area contributed by atoms with Crippen molar-refractivity contribution < 1.29 is 13.2 Å². The van der Waals surface area contributed by atoms with Gasteiger partial charge in [0.25, 0.3) is 16.1 Å². The summed E-state index contributed by atoms with van der Waals surface area (Å²) in [4.78, 5) is 14.3. The number of nitrogens with zero attached hydrogens (tertiary/aromatic N) is 2. The number of carbonyl (C=O) groups is 1. The van der Waals surface area contributed by atoms with E-state index in [9.17, 15) is 13.2 Å². The summed E-state index contributed by atoms with van der Waals surface area (Å²) >= 11 is 0. The van der Waals surface area contributed by atoms with Gasteiger partial charge in [0, 0.05) is 38.3 Å². The Bertz CT molecular complexity index is 634. The monoisotopic (exact) mass is 353 g/mol. The van der Waals surface area contributed by atoms with Crippen molar-refractivity contribution in [2.24, 2.45) is 0 Å². The first-order valence-electron chi connectivity index (χ1n) is 8.52. The van der Waals surface area contributed by atoms with Gasteiger partial charge in [-0.3, -0.25) is 4.79 Å². The van der Waals surface area contributed by atoms with E-state index < -0.39 is 10.2 Å². The van der Waals surface area contributed by atoms with Crippen LogP contribution in [0.25, 0.3) is 0 Å². The van der Waals surface area contributed by atoms with E-state index in [0.29, 0.717) is 25.2 Å². The molecule has 1 aliphatic heterocycles. The van der Waals surface area contributed by atoms with Gasteiger partial charge in [0.05, 0.1) is 0 Å². The molecule has 6 nitrogen and oxygen atoms in total. The number of hydrogen-bond donors (Lipinski definition) is 1. The number of benzene rings is 1. The molecule has 2 rings (SSSR count). The molecule has 0 aliphatic carbocycles. The zero-order valence-electron chi connectivity index (χ0n) is 14.4. The Labute approximate surface area is 145 Å². The third-order valence-electron chi connectivity index (χ3n) is 4.28. The molecule has 0 radical (unpaired) electrons. The molecule has 1 atom stereocenters. The largest absolute Gasteiger partial charge is 0.337 e. The fraction of sp³-hybridized carbons (Fsp3) is 0.588. The second kappa shape index (κ2) is 8.60. The van der Waals surface area contributed by atoms with Crippen LogP contribution in [0.2, 0.25) is 0 Å². The fourth-order valence-corrected chi connectivity index (χ4v) is 3.99. The molecule has 0 spiro atoms. The summed E-state index contributed by atoms with van der Waals surface area (Å²) in [5.74, 6) is -0.0427. The molecular formula is C17H27N3O3S. The van der Waals surface area contributed by atoms with Gasteiger partial charge in [0.2, 0.25) is 0 Å². The number of unbranched alkanes of at least 4 members (excludes halogenated alkanes) is 1. The first-order valence-corrected chi connectivity index (χ1v) is 9.96. The van der Waals surface area contributed by atoms with E-state index in [1.165, 1.54) is 4.31 Å². The quantitative estimate of drug-likeness (QED) is 0.813. The Morgan fingerprint density at radius 3 is 2.71 bits per heavy atom. The third-order valence-corrected chi connectivity index (χ3v) is 5.92. The van der Waals surface area contributed by atoms with Gasteiger partial charge in [0.15, 0.2) is 0 Å². The molecule has 0 aromatic heterocycles. The van der Waals surface area contributed by atoms with Crippen molar-refractivity contribution in [3.05, 3.63) is 35.9 Å². The highest BCUT2D eigenvalue weighted by Gasteiger charge is 2.28. The van der Waals surface area contributed by atoms with E-state index in [0.717, 1.165) is 25.7 Å². The van der Waals surface area contributed by atoms with Crippen LogP contribution in [0.3, 0.4) is 0 Å². The maximum Gasteiger partial charge on any atom is 0.279 e. The standard InChI is InChI=1S/C17H27N3O3S/c1-3-4-12-19(2)24(22,23)18-16-11-8-13-20(14-16)17(21)15-9-6-5-7-10-15/h5-7,9-10,16,18H,3-4,8,11-14H2,1-2H3. The number of nitrogens with one attached hydrogen (secondary N) is 1. The maximum atomic E-state index is 12.5. The summed E-state index contributed by atoms with van der Waals surface area (Å²) in [5, 5.41) is 0. The molecule has 134 valence electrons. The first kappa shape index (κ1) is 18.9. The van der Waals surface area contributed by atoms with Gasteiger partial charge >= 0.3 is 0 Å². The number of amides is 1. The number of rotatable bonds is 7. The average molecular weight is 353 g/mol. The molecule has 24 heavy (non-hydrogen) atoms. The van der Waals surface area contributed by atoms with Crippen LogP contribution in [-0.4, -0.2) is 56.3 Å². The van der Waals surface area contributed by atoms with Crippen molar-refractivity contribution in [1.82, 2.24) is 13.9 Å². The minimum Gasteiger partial charge on any atom is -0.337 e. The minimum absolute atomic E-state index is 0.0427. The smallest absolute Gasteiger partial charge is 0.279 e. The Morgan fingerprint density at radius 1 is 1.33 bits per heavy atom. The van der Waals surface area contributed by atoms with Crippen LogP contribution in [-0.2, 0) is 10.2 Å². The summed E-state index contributed by atoms with van der Waals surface area (Å²) in [6.45, 7) is 3.61. The molecule has 1 aromatic carbocycles. The highest BCUT2D eigenvalue weighted by Crippen LogP contribution is 2.15. The van der Waals surface area contributed by atoms with Gasteiger partial charge in [0.1, 0.15) is 0 Å². The van der Waals surface area contributed by atoms with Gasteiger partial charge in [-0.05, 0) is 31.4 Å². The predicted octanol–water partition coefficient (Wildman–Crippen LogP) is 1.86. The fourth-order valence-electron chi connectivity index (χ4n) is 2.82. The van der Waals surface area contributed by atoms with Gasteiger partial charge in [-0.25, -0.2) is 0 Å². The lowest BCUT2D eigenvalue weighted by Crippen LogP contribution is -2.52. The van der Waals surface area contributed by atoms with E-state index in [1.807, 2.05) is 25.1 Å². The van der Waals surface area contributed by atoms with Crippen molar-refractivity contribution >= 4 is 16.1 Å². The second-order valence-electron chi connectivity index (χ2n) is 6.25. The van der Waals surface area contributed by atoms with E-state index in [2.05, 4.69) is 4.72 Å². The number of piperidine rings is 1. The van der Waals surface area contributed by atoms with Crippen LogP contribution in [0, 0.1) is 0 Å². The van der Waals surface area contributed by atoms with Crippen molar-refractivity contribution in [2.45, 2.75) is 38.6 Å². The SMILES string of the molecule is CCCCN(C)S(=O)(=O)NC1CCCN(C(=O)c2ccccc2)C1. The topological polar surface area (TPSA) is 69.7 Å². The van der Waals surface area contributed by atoms with Gasteiger partial charge in [-0.1, -0.05) is 31.5 Å². The van der Waals surface area contributed by atoms with Gasteiger partial charge in [-0.15, -0.1) is 0 Å². The molecule has 1 saturated heterocycles. The van der Waals surface area contributed by atoms with Crippen molar-refractivity contribution in [3.8, 4) is 0 Å². The lowest BCUT2D eigenvalue weighted by atomic mass is 10.1. The van der Waals surface area contributed by atoms with Gasteiger partial charge in [-0.2, -0.15) is 17.4 Å². The maximum absolute atomic E-state index is 12.5. The molecule has 1 aromatic rings. The van der Waals surface area contributed by atoms with Crippen LogP contribution in [0.4, 0.5) is 0 Å². The summed E-state index contributed by atoms with van der Waals surface area (Å²) < 4.78 is 28.8. The molecule has 1 unspecified atom stereocenters. The molecule has 1 fully saturated rings.